The SMILES string of the molecule is O=C=NCCCCN=C=O.OCCCCCCCCCO. The van der Waals surface area contributed by atoms with Crippen LogP contribution in [0.2, 0.25) is 0 Å². The highest BCUT2D eigenvalue weighted by Crippen LogP contribution is 2.06. The van der Waals surface area contributed by atoms with Gasteiger partial charge in [0, 0.05) is 13.2 Å². The molecule has 0 aliphatic rings. The van der Waals surface area contributed by atoms with Crippen LogP contribution in [0.5, 0.6) is 0 Å². The Morgan fingerprint density at radius 1 is 0.571 bits per heavy atom. The summed E-state index contributed by atoms with van der Waals surface area (Å²) in [7, 11) is 0. The summed E-state index contributed by atoms with van der Waals surface area (Å²) in [5.41, 5.74) is 0. The Morgan fingerprint density at radius 3 is 1.19 bits per heavy atom. The number of rotatable bonds is 13. The van der Waals surface area contributed by atoms with Crippen LogP contribution >= 0.6 is 0 Å². The maximum atomic E-state index is 9.52. The van der Waals surface area contributed by atoms with Crippen molar-refractivity contribution >= 4 is 12.2 Å². The minimum atomic E-state index is 0.330. The van der Waals surface area contributed by atoms with Gasteiger partial charge in [-0.05, 0) is 25.7 Å². The molecule has 21 heavy (non-hydrogen) atoms. The number of nitrogens with zero attached hydrogens (tertiary/aromatic N) is 2. The fraction of sp³-hybridized carbons (Fsp3) is 0.867. The number of hydrogen-bond acceptors (Lipinski definition) is 6. The van der Waals surface area contributed by atoms with Crippen LogP contribution in [0.3, 0.4) is 0 Å². The van der Waals surface area contributed by atoms with E-state index >= 15 is 0 Å². The number of isocyanates is 2. The summed E-state index contributed by atoms with van der Waals surface area (Å²) in [6, 6.07) is 0. The zero-order chi connectivity index (χ0) is 16.0. The molecular weight excluding hydrogens is 272 g/mol. The van der Waals surface area contributed by atoms with E-state index in [1.807, 2.05) is 0 Å². The van der Waals surface area contributed by atoms with E-state index in [4.69, 9.17) is 10.2 Å². The van der Waals surface area contributed by atoms with Gasteiger partial charge in [0.1, 0.15) is 0 Å². The standard InChI is InChI=1S/C9H20O2.C6H8N2O2/c10-8-6-4-2-1-3-5-7-9-11;9-5-7-3-1-2-4-8-6-10/h10-11H,1-9H2;1-4H2. The first-order valence-electron chi connectivity index (χ1n) is 7.62. The van der Waals surface area contributed by atoms with Gasteiger partial charge in [0.05, 0.1) is 13.1 Å². The Labute approximate surface area is 127 Å². The third-order valence-corrected chi connectivity index (χ3v) is 2.74. The van der Waals surface area contributed by atoms with Crippen LogP contribution in [0.4, 0.5) is 0 Å². The third kappa shape index (κ3) is 27.8. The summed E-state index contributed by atoms with van der Waals surface area (Å²) in [6.07, 6.45) is 12.3. The van der Waals surface area contributed by atoms with Crippen LogP contribution < -0.4 is 0 Å². The summed E-state index contributed by atoms with van der Waals surface area (Å²) < 4.78 is 0. The first kappa shape index (κ1) is 22.0. The number of hydrogen-bond donors (Lipinski definition) is 2. The van der Waals surface area contributed by atoms with Crippen LogP contribution in [0.1, 0.15) is 57.8 Å². The molecule has 0 amide bonds. The molecule has 0 aliphatic carbocycles. The highest BCUT2D eigenvalue weighted by molar-refractivity contribution is 5.33. The molecule has 0 fully saturated rings. The predicted octanol–water partition coefficient (Wildman–Crippen LogP) is 2.14. The minimum Gasteiger partial charge on any atom is -0.396 e. The van der Waals surface area contributed by atoms with Crippen molar-refractivity contribution in [2.45, 2.75) is 57.8 Å². The van der Waals surface area contributed by atoms with Gasteiger partial charge >= 0.3 is 0 Å². The zero-order valence-corrected chi connectivity index (χ0v) is 12.8. The van der Waals surface area contributed by atoms with Gasteiger partial charge in [-0.2, -0.15) is 0 Å². The molecule has 0 aliphatic heterocycles. The number of aliphatic hydroxyl groups excluding tert-OH is 2. The first-order valence-corrected chi connectivity index (χ1v) is 7.62. The van der Waals surface area contributed by atoms with Crippen LogP contribution in [-0.2, 0) is 9.59 Å². The average Bonchev–Trinajstić information content (AvgIpc) is 2.51. The molecule has 0 saturated heterocycles. The fourth-order valence-electron chi connectivity index (χ4n) is 1.58. The maximum absolute atomic E-state index is 9.52. The van der Waals surface area contributed by atoms with Crippen molar-refractivity contribution in [3.63, 3.8) is 0 Å². The van der Waals surface area contributed by atoms with Crippen LogP contribution in [0.25, 0.3) is 0 Å². The van der Waals surface area contributed by atoms with E-state index in [0.717, 1.165) is 38.5 Å². The van der Waals surface area contributed by atoms with Crippen LogP contribution in [-0.4, -0.2) is 48.7 Å². The van der Waals surface area contributed by atoms with Gasteiger partial charge in [0.25, 0.3) is 0 Å². The van der Waals surface area contributed by atoms with Crippen molar-refractivity contribution in [2.75, 3.05) is 26.3 Å². The molecule has 0 spiro atoms. The molecule has 0 unspecified atom stereocenters. The second kappa shape index (κ2) is 23.7. The second-order valence-electron chi connectivity index (χ2n) is 4.58. The predicted molar refractivity (Wildman–Crippen MR) is 81.7 cm³/mol. The molecular formula is C15H28N2O4. The topological polar surface area (TPSA) is 99.3 Å². The minimum absolute atomic E-state index is 0.330. The zero-order valence-electron chi connectivity index (χ0n) is 12.8. The van der Waals surface area contributed by atoms with Gasteiger partial charge < -0.3 is 10.2 Å². The van der Waals surface area contributed by atoms with Gasteiger partial charge in [-0.1, -0.05) is 32.1 Å². The molecule has 0 aromatic carbocycles. The molecule has 2 N–H and O–H groups in total. The first-order chi connectivity index (χ1) is 10.3. The fourth-order valence-corrected chi connectivity index (χ4v) is 1.58. The van der Waals surface area contributed by atoms with Crippen molar-refractivity contribution in [2.24, 2.45) is 9.98 Å². The lowest BCUT2D eigenvalue weighted by Crippen LogP contribution is -1.85. The monoisotopic (exact) mass is 300 g/mol. The quantitative estimate of drug-likeness (QED) is 0.309. The molecule has 0 saturated carbocycles. The summed E-state index contributed by atoms with van der Waals surface area (Å²) in [6.45, 7) is 1.60. The van der Waals surface area contributed by atoms with E-state index in [2.05, 4.69) is 9.98 Å². The molecule has 6 heteroatoms. The molecule has 0 aromatic heterocycles. The Morgan fingerprint density at radius 2 is 0.905 bits per heavy atom. The van der Waals surface area contributed by atoms with Crippen molar-refractivity contribution in [1.82, 2.24) is 0 Å². The van der Waals surface area contributed by atoms with Crippen LogP contribution in [0, 0.1) is 0 Å². The third-order valence-electron chi connectivity index (χ3n) is 2.74. The average molecular weight is 300 g/mol. The molecule has 0 aromatic rings. The number of unbranched alkanes of at least 4 members (excludes halogenated alkanes) is 7. The molecule has 0 bridgehead atoms. The van der Waals surface area contributed by atoms with Gasteiger partial charge in [-0.15, -0.1) is 0 Å². The summed E-state index contributed by atoms with van der Waals surface area (Å²) >= 11 is 0. The summed E-state index contributed by atoms with van der Waals surface area (Å²) in [5, 5.41) is 16.9. The molecule has 0 radical (unpaired) electrons. The number of aliphatic hydroxyl groups is 2. The summed E-state index contributed by atoms with van der Waals surface area (Å²) in [5.74, 6) is 0. The lowest BCUT2D eigenvalue weighted by Gasteiger charge is -1.98. The maximum Gasteiger partial charge on any atom is 0.234 e. The van der Waals surface area contributed by atoms with E-state index < -0.39 is 0 Å². The molecule has 0 atom stereocenters. The van der Waals surface area contributed by atoms with E-state index in [9.17, 15) is 9.59 Å². The highest BCUT2D eigenvalue weighted by atomic mass is 16.3. The van der Waals surface area contributed by atoms with Crippen LogP contribution in [0.15, 0.2) is 9.98 Å². The normalized spacial score (nSPS) is 9.05. The smallest absolute Gasteiger partial charge is 0.234 e. The lowest BCUT2D eigenvalue weighted by molar-refractivity contribution is 0.278. The Kier molecular flexibility index (Phi) is 24.8. The van der Waals surface area contributed by atoms with Crippen molar-refractivity contribution in [3.05, 3.63) is 0 Å². The largest absolute Gasteiger partial charge is 0.396 e. The van der Waals surface area contributed by atoms with Gasteiger partial charge in [-0.3, -0.25) is 0 Å². The summed E-state index contributed by atoms with van der Waals surface area (Å²) in [4.78, 5) is 25.7. The van der Waals surface area contributed by atoms with E-state index in [0.29, 0.717) is 26.3 Å². The van der Waals surface area contributed by atoms with E-state index in [1.54, 1.807) is 0 Å². The Hall–Kier alpha value is -1.32. The number of aliphatic imine (C=N–C) groups is 2. The molecule has 0 rings (SSSR count). The van der Waals surface area contributed by atoms with Gasteiger partial charge in [-0.25, -0.2) is 19.6 Å². The molecule has 122 valence electrons. The van der Waals surface area contributed by atoms with Crippen molar-refractivity contribution in [3.8, 4) is 0 Å². The van der Waals surface area contributed by atoms with E-state index in [1.165, 1.54) is 31.4 Å². The molecule has 0 heterocycles. The molecule has 6 nitrogen and oxygen atoms in total. The highest BCUT2D eigenvalue weighted by Gasteiger charge is 1.89. The van der Waals surface area contributed by atoms with Crippen molar-refractivity contribution in [1.29, 1.82) is 0 Å². The van der Waals surface area contributed by atoms with Gasteiger partial charge in [0.2, 0.25) is 12.2 Å². The van der Waals surface area contributed by atoms with Crippen molar-refractivity contribution < 1.29 is 19.8 Å². The second-order valence-corrected chi connectivity index (χ2v) is 4.58. The number of carbonyl (C=O) groups excluding carboxylic acids is 2. The van der Waals surface area contributed by atoms with Gasteiger partial charge in [0.15, 0.2) is 0 Å². The Bertz CT molecular complexity index is 257. The lowest BCUT2D eigenvalue weighted by atomic mass is 10.1. The van der Waals surface area contributed by atoms with E-state index in [-0.39, 0.29) is 0 Å². The Balaban J connectivity index is 0.